The van der Waals surface area contributed by atoms with Crippen molar-refractivity contribution >= 4 is 11.8 Å². The molecule has 0 saturated heterocycles. The van der Waals surface area contributed by atoms with Crippen LogP contribution in [0.2, 0.25) is 0 Å². The minimum atomic E-state index is -0.273. The summed E-state index contributed by atoms with van der Waals surface area (Å²) in [5.41, 5.74) is 7.53. The van der Waals surface area contributed by atoms with Gasteiger partial charge in [0.15, 0.2) is 0 Å². The lowest BCUT2D eigenvalue weighted by Gasteiger charge is -2.19. The number of halogens is 1. The third-order valence-corrected chi connectivity index (χ3v) is 3.06. The number of nitrogens with two attached hydrogens (primary N) is 1. The molecule has 0 amide bonds. The highest BCUT2D eigenvalue weighted by Gasteiger charge is 2.18. The molecule has 1 unspecified atom stereocenters. The third kappa shape index (κ3) is 2.54. The summed E-state index contributed by atoms with van der Waals surface area (Å²) >= 11 is 0. The summed E-state index contributed by atoms with van der Waals surface area (Å²) in [6, 6.07) is 15.7. The molecule has 2 aromatic carbocycles. The van der Waals surface area contributed by atoms with Gasteiger partial charge in [-0.2, -0.15) is 0 Å². The Bertz CT molecular complexity index is 663. The van der Waals surface area contributed by atoms with Gasteiger partial charge in [-0.1, -0.05) is 42.5 Å². The molecule has 0 aliphatic carbocycles. The van der Waals surface area contributed by atoms with E-state index in [0.717, 1.165) is 11.1 Å². The van der Waals surface area contributed by atoms with E-state index in [1.165, 1.54) is 12.1 Å². The van der Waals surface area contributed by atoms with Crippen molar-refractivity contribution in [2.45, 2.75) is 6.04 Å². The molecule has 3 rings (SSSR count). The number of ether oxygens (including phenoxy) is 1. The average molecular weight is 268 g/mol. The first-order valence-corrected chi connectivity index (χ1v) is 6.26. The molecule has 0 radical (unpaired) electrons. The minimum absolute atomic E-state index is 0.112. The SMILES string of the molecule is NC1=NC(c2ccc(F)cc2)C=C(c2ccccc2)O1. The Morgan fingerprint density at radius 3 is 2.40 bits per heavy atom. The van der Waals surface area contributed by atoms with E-state index in [0.29, 0.717) is 5.76 Å². The normalized spacial score (nSPS) is 17.9. The van der Waals surface area contributed by atoms with E-state index in [4.69, 9.17) is 10.5 Å². The fourth-order valence-corrected chi connectivity index (χ4v) is 2.08. The Morgan fingerprint density at radius 1 is 1.00 bits per heavy atom. The van der Waals surface area contributed by atoms with Crippen LogP contribution in [0.3, 0.4) is 0 Å². The monoisotopic (exact) mass is 268 g/mol. The largest absolute Gasteiger partial charge is 0.426 e. The molecule has 2 N–H and O–H groups in total. The van der Waals surface area contributed by atoms with Crippen LogP contribution in [0.4, 0.5) is 4.39 Å². The van der Waals surface area contributed by atoms with Crippen LogP contribution in [-0.2, 0) is 4.74 Å². The van der Waals surface area contributed by atoms with Crippen molar-refractivity contribution in [1.82, 2.24) is 0 Å². The molecule has 0 spiro atoms. The topological polar surface area (TPSA) is 47.6 Å². The molecule has 1 aliphatic heterocycles. The summed E-state index contributed by atoms with van der Waals surface area (Å²) < 4.78 is 18.4. The number of aliphatic imine (C=N–C) groups is 1. The van der Waals surface area contributed by atoms with Crippen molar-refractivity contribution < 1.29 is 9.13 Å². The smallest absolute Gasteiger partial charge is 0.288 e. The standard InChI is InChI=1S/C16H13FN2O/c17-13-8-6-11(7-9-13)14-10-15(20-16(18)19-14)12-4-2-1-3-5-12/h1-10,14H,(H2,18,19). The second kappa shape index (κ2) is 5.17. The maximum Gasteiger partial charge on any atom is 0.288 e. The average Bonchev–Trinajstić information content (AvgIpc) is 2.48. The molecule has 100 valence electrons. The van der Waals surface area contributed by atoms with Gasteiger partial charge in [0.2, 0.25) is 0 Å². The first kappa shape index (κ1) is 12.4. The Morgan fingerprint density at radius 2 is 1.70 bits per heavy atom. The zero-order valence-electron chi connectivity index (χ0n) is 10.7. The summed E-state index contributed by atoms with van der Waals surface area (Å²) in [6.45, 7) is 0. The molecule has 0 saturated carbocycles. The highest BCUT2D eigenvalue weighted by molar-refractivity contribution is 5.82. The number of hydrogen-bond acceptors (Lipinski definition) is 3. The van der Waals surface area contributed by atoms with Crippen LogP contribution in [0, 0.1) is 5.82 Å². The highest BCUT2D eigenvalue weighted by Crippen LogP contribution is 2.29. The molecule has 3 nitrogen and oxygen atoms in total. The lowest BCUT2D eigenvalue weighted by molar-refractivity contribution is 0.476. The Hall–Kier alpha value is -2.62. The number of amidine groups is 1. The molecular formula is C16H13FN2O. The molecule has 0 bridgehead atoms. The van der Waals surface area contributed by atoms with Crippen molar-refractivity contribution in [3.8, 4) is 0 Å². The predicted octanol–water partition coefficient (Wildman–Crippen LogP) is 3.25. The maximum atomic E-state index is 13.0. The number of benzene rings is 2. The van der Waals surface area contributed by atoms with Gasteiger partial charge in [0.1, 0.15) is 17.6 Å². The van der Waals surface area contributed by atoms with Crippen LogP contribution in [-0.4, -0.2) is 6.02 Å². The Balaban J connectivity index is 1.96. The van der Waals surface area contributed by atoms with E-state index in [2.05, 4.69) is 4.99 Å². The van der Waals surface area contributed by atoms with Gasteiger partial charge in [0.25, 0.3) is 6.02 Å². The summed E-state index contributed by atoms with van der Waals surface area (Å²) in [6.07, 6.45) is 1.87. The van der Waals surface area contributed by atoms with Crippen molar-refractivity contribution in [3.05, 3.63) is 77.6 Å². The van der Waals surface area contributed by atoms with E-state index in [1.54, 1.807) is 12.1 Å². The minimum Gasteiger partial charge on any atom is -0.426 e. The first-order chi connectivity index (χ1) is 9.72. The fourth-order valence-electron chi connectivity index (χ4n) is 2.08. The Labute approximate surface area is 116 Å². The molecule has 1 atom stereocenters. The summed E-state index contributed by atoms with van der Waals surface area (Å²) in [5.74, 6) is 0.387. The molecule has 20 heavy (non-hydrogen) atoms. The molecule has 2 aromatic rings. The zero-order chi connectivity index (χ0) is 13.9. The van der Waals surface area contributed by atoms with E-state index in [1.807, 2.05) is 36.4 Å². The molecule has 0 fully saturated rings. The molecule has 0 aromatic heterocycles. The van der Waals surface area contributed by atoms with E-state index in [-0.39, 0.29) is 17.9 Å². The van der Waals surface area contributed by atoms with Crippen LogP contribution < -0.4 is 5.73 Å². The summed E-state index contributed by atoms with van der Waals surface area (Å²) in [5, 5.41) is 0. The maximum absolute atomic E-state index is 13.0. The van der Waals surface area contributed by atoms with Crippen LogP contribution >= 0.6 is 0 Å². The summed E-state index contributed by atoms with van der Waals surface area (Å²) in [7, 11) is 0. The summed E-state index contributed by atoms with van der Waals surface area (Å²) in [4.78, 5) is 4.23. The van der Waals surface area contributed by atoms with Gasteiger partial charge >= 0.3 is 0 Å². The predicted molar refractivity (Wildman–Crippen MR) is 76.3 cm³/mol. The highest BCUT2D eigenvalue weighted by atomic mass is 19.1. The van der Waals surface area contributed by atoms with Crippen molar-refractivity contribution in [2.75, 3.05) is 0 Å². The van der Waals surface area contributed by atoms with Crippen LogP contribution in [0.25, 0.3) is 5.76 Å². The number of hydrogen-bond donors (Lipinski definition) is 1. The number of rotatable bonds is 2. The van der Waals surface area contributed by atoms with Gasteiger partial charge in [-0.15, -0.1) is 0 Å². The van der Waals surface area contributed by atoms with Crippen LogP contribution in [0.5, 0.6) is 0 Å². The van der Waals surface area contributed by atoms with Crippen molar-refractivity contribution in [2.24, 2.45) is 10.7 Å². The second-order valence-corrected chi connectivity index (χ2v) is 4.46. The van der Waals surface area contributed by atoms with Crippen LogP contribution in [0.1, 0.15) is 17.2 Å². The van der Waals surface area contributed by atoms with Gasteiger partial charge in [-0.25, -0.2) is 9.38 Å². The zero-order valence-corrected chi connectivity index (χ0v) is 10.7. The van der Waals surface area contributed by atoms with Gasteiger partial charge in [-0.3, -0.25) is 0 Å². The molecule has 4 heteroatoms. The molecule has 1 aliphatic rings. The quantitative estimate of drug-likeness (QED) is 0.908. The van der Waals surface area contributed by atoms with Gasteiger partial charge in [0.05, 0.1) is 0 Å². The first-order valence-electron chi connectivity index (χ1n) is 6.26. The Kier molecular flexibility index (Phi) is 3.21. The molecule has 1 heterocycles. The molecular weight excluding hydrogens is 255 g/mol. The van der Waals surface area contributed by atoms with Crippen molar-refractivity contribution in [3.63, 3.8) is 0 Å². The number of nitrogens with zero attached hydrogens (tertiary/aromatic N) is 1. The lowest BCUT2D eigenvalue weighted by Crippen LogP contribution is -2.20. The van der Waals surface area contributed by atoms with Crippen molar-refractivity contribution in [1.29, 1.82) is 0 Å². The fraction of sp³-hybridized carbons (Fsp3) is 0.0625. The van der Waals surface area contributed by atoms with Gasteiger partial charge in [-0.05, 0) is 23.8 Å². The van der Waals surface area contributed by atoms with Gasteiger partial charge in [0, 0.05) is 5.56 Å². The van der Waals surface area contributed by atoms with Gasteiger partial charge < -0.3 is 10.5 Å². The second-order valence-electron chi connectivity index (χ2n) is 4.46. The van der Waals surface area contributed by atoms with E-state index >= 15 is 0 Å². The third-order valence-electron chi connectivity index (χ3n) is 3.06. The van der Waals surface area contributed by atoms with E-state index < -0.39 is 0 Å². The van der Waals surface area contributed by atoms with Crippen LogP contribution in [0.15, 0.2) is 65.7 Å². The van der Waals surface area contributed by atoms with E-state index in [9.17, 15) is 4.39 Å². The lowest BCUT2D eigenvalue weighted by atomic mass is 10.0.